The lowest BCUT2D eigenvalue weighted by atomic mass is 10.0. The second kappa shape index (κ2) is 9.74. The molecule has 1 aromatic carbocycles. The number of fused-ring (bicyclic) bond motifs is 1. The SMILES string of the molecule is CN1C(=O)C2C(SCC(=O)N3CCN(c4ccccc4)CC3)=NC(c3cccs3)=NC2=[N+](C)C1=O. The molecular weight excluding hydrogens is 484 g/mol. The monoisotopic (exact) mass is 509 g/mol. The zero-order valence-electron chi connectivity index (χ0n) is 19.5. The van der Waals surface area contributed by atoms with E-state index in [1.165, 1.54) is 34.7 Å². The first-order valence-electron chi connectivity index (χ1n) is 11.3. The summed E-state index contributed by atoms with van der Waals surface area (Å²) in [6, 6.07) is 13.5. The van der Waals surface area contributed by atoms with Crippen molar-refractivity contribution in [3.8, 4) is 0 Å². The van der Waals surface area contributed by atoms with Crippen molar-refractivity contribution < 1.29 is 19.0 Å². The molecule has 3 aliphatic heterocycles. The van der Waals surface area contributed by atoms with Crippen LogP contribution in [0.15, 0.2) is 57.8 Å². The van der Waals surface area contributed by atoms with Crippen LogP contribution >= 0.6 is 23.1 Å². The number of hydrogen-bond acceptors (Lipinski definition) is 8. The van der Waals surface area contributed by atoms with Crippen molar-refractivity contribution in [1.29, 1.82) is 0 Å². The molecule has 1 fully saturated rings. The van der Waals surface area contributed by atoms with Crippen LogP contribution in [0, 0.1) is 5.92 Å². The molecule has 9 nitrogen and oxygen atoms in total. The molecule has 0 radical (unpaired) electrons. The van der Waals surface area contributed by atoms with E-state index in [0.29, 0.717) is 29.8 Å². The fourth-order valence-electron chi connectivity index (χ4n) is 4.28. The number of imide groups is 1. The van der Waals surface area contributed by atoms with Crippen molar-refractivity contribution in [1.82, 2.24) is 9.80 Å². The predicted molar refractivity (Wildman–Crippen MR) is 139 cm³/mol. The number of carbonyl (C=O) groups is 3. The van der Waals surface area contributed by atoms with Gasteiger partial charge in [0, 0.05) is 31.9 Å². The van der Waals surface area contributed by atoms with E-state index in [1.54, 1.807) is 7.05 Å². The standard InChI is InChI=1S/C24H25N6O3S2/c1-27-21-19(23(32)28(2)24(27)33)22(26-20(25-21)17-9-6-14-34-17)35-15-18(31)30-12-10-29(11-13-30)16-7-4-3-5-8-16/h3-9,14,19H,10-13,15H2,1-2H3/q+1. The minimum absolute atomic E-state index is 0.00758. The number of carbonyl (C=O) groups excluding carboxylic acids is 3. The van der Waals surface area contributed by atoms with Crippen LogP contribution in [0.3, 0.4) is 0 Å². The summed E-state index contributed by atoms with van der Waals surface area (Å²) < 4.78 is 1.39. The Bertz CT molecular complexity index is 1250. The van der Waals surface area contributed by atoms with E-state index in [0.717, 1.165) is 28.6 Å². The second-order valence-electron chi connectivity index (χ2n) is 8.38. The summed E-state index contributed by atoms with van der Waals surface area (Å²) in [6.45, 7) is 2.82. The Labute approximate surface area is 211 Å². The Kier molecular flexibility index (Phi) is 6.52. The number of para-hydroxylation sites is 1. The van der Waals surface area contributed by atoms with Gasteiger partial charge in [-0.25, -0.2) is 9.79 Å². The molecule has 1 unspecified atom stereocenters. The van der Waals surface area contributed by atoms with Gasteiger partial charge in [-0.05, 0) is 23.6 Å². The summed E-state index contributed by atoms with van der Waals surface area (Å²) in [4.78, 5) is 53.9. The van der Waals surface area contributed by atoms with E-state index in [9.17, 15) is 14.4 Å². The molecule has 1 aromatic heterocycles. The highest BCUT2D eigenvalue weighted by atomic mass is 32.2. The van der Waals surface area contributed by atoms with Gasteiger partial charge in [0.2, 0.25) is 11.7 Å². The minimum atomic E-state index is -0.792. The number of urea groups is 1. The number of piperazine rings is 1. The number of benzene rings is 1. The third-order valence-electron chi connectivity index (χ3n) is 6.28. The largest absolute Gasteiger partial charge is 0.445 e. The lowest BCUT2D eigenvalue weighted by Gasteiger charge is -2.36. The number of thiophene rings is 1. The molecule has 3 aliphatic rings. The van der Waals surface area contributed by atoms with Gasteiger partial charge >= 0.3 is 11.9 Å². The average Bonchev–Trinajstić information content (AvgIpc) is 3.44. The molecule has 1 atom stereocenters. The van der Waals surface area contributed by atoms with Crippen molar-refractivity contribution in [3.05, 3.63) is 52.7 Å². The third kappa shape index (κ3) is 4.53. The number of amidine groups is 2. The molecule has 0 saturated carbocycles. The fourth-order valence-corrected chi connectivity index (χ4v) is 5.92. The van der Waals surface area contributed by atoms with Crippen LogP contribution in [0.1, 0.15) is 4.88 Å². The van der Waals surface area contributed by atoms with E-state index in [4.69, 9.17) is 0 Å². The Morgan fingerprint density at radius 3 is 2.51 bits per heavy atom. The maximum atomic E-state index is 13.1. The second-order valence-corrected chi connectivity index (χ2v) is 10.3. The highest BCUT2D eigenvalue weighted by molar-refractivity contribution is 8.14. The van der Waals surface area contributed by atoms with Gasteiger partial charge in [-0.3, -0.25) is 9.59 Å². The molecule has 4 amide bonds. The number of hydrogen-bond donors (Lipinski definition) is 0. The van der Waals surface area contributed by atoms with Crippen molar-refractivity contribution in [2.24, 2.45) is 15.9 Å². The van der Waals surface area contributed by atoms with Gasteiger partial charge in [-0.1, -0.05) is 41.0 Å². The summed E-state index contributed by atoms with van der Waals surface area (Å²) in [5.74, 6) is -0.197. The third-order valence-corrected chi connectivity index (χ3v) is 8.16. The van der Waals surface area contributed by atoms with Gasteiger partial charge in [-0.2, -0.15) is 9.48 Å². The molecule has 0 N–H and O–H groups in total. The lowest BCUT2D eigenvalue weighted by Crippen LogP contribution is -2.55. The highest BCUT2D eigenvalue weighted by Gasteiger charge is 2.49. The molecule has 11 heteroatoms. The van der Waals surface area contributed by atoms with E-state index < -0.39 is 11.9 Å². The van der Waals surface area contributed by atoms with Crippen LogP contribution in [0.5, 0.6) is 0 Å². The molecule has 5 rings (SSSR count). The maximum absolute atomic E-state index is 13.1. The van der Waals surface area contributed by atoms with Crippen molar-refractivity contribution in [3.63, 3.8) is 0 Å². The maximum Gasteiger partial charge on any atom is 0.445 e. The van der Waals surface area contributed by atoms with Gasteiger partial charge in [0.1, 0.15) is 5.04 Å². The van der Waals surface area contributed by atoms with Gasteiger partial charge in [0.05, 0.1) is 24.7 Å². The quantitative estimate of drug-likeness (QED) is 0.590. The summed E-state index contributed by atoms with van der Waals surface area (Å²) in [6.07, 6.45) is 0. The first-order chi connectivity index (χ1) is 16.9. The lowest BCUT2D eigenvalue weighted by molar-refractivity contribution is -0.407. The Morgan fingerprint density at radius 2 is 1.83 bits per heavy atom. The van der Waals surface area contributed by atoms with Gasteiger partial charge < -0.3 is 9.80 Å². The zero-order valence-corrected chi connectivity index (χ0v) is 21.1. The normalized spacial score (nSPS) is 20.6. The summed E-state index contributed by atoms with van der Waals surface area (Å²) in [5.41, 5.74) is 1.16. The number of nitrogens with zero attached hydrogens (tertiary/aromatic N) is 6. The molecular formula is C24H25N6O3S2+. The van der Waals surface area contributed by atoms with Crippen LogP contribution in [0.25, 0.3) is 0 Å². The topological polar surface area (TPSA) is 88.7 Å². The molecule has 0 aliphatic carbocycles. The first-order valence-corrected chi connectivity index (χ1v) is 13.1. The van der Waals surface area contributed by atoms with Gasteiger partial charge in [0.15, 0.2) is 5.92 Å². The smallest absolute Gasteiger partial charge is 0.368 e. The Morgan fingerprint density at radius 1 is 1.09 bits per heavy atom. The van der Waals surface area contributed by atoms with Crippen molar-refractivity contribution >= 4 is 63.3 Å². The van der Waals surface area contributed by atoms with Crippen molar-refractivity contribution in [2.75, 3.05) is 50.9 Å². The summed E-state index contributed by atoms with van der Waals surface area (Å²) in [7, 11) is 3.06. The number of aliphatic imine (C=N–C) groups is 2. The molecule has 180 valence electrons. The first kappa shape index (κ1) is 23.4. The Balaban J connectivity index is 1.31. The van der Waals surface area contributed by atoms with E-state index in [-0.39, 0.29) is 17.6 Å². The number of anilines is 1. The van der Waals surface area contributed by atoms with Crippen LogP contribution in [0.4, 0.5) is 10.5 Å². The zero-order chi connectivity index (χ0) is 24.5. The average molecular weight is 510 g/mol. The summed E-state index contributed by atoms with van der Waals surface area (Å²) in [5, 5.41) is 2.41. The van der Waals surface area contributed by atoms with Crippen LogP contribution in [-0.2, 0) is 9.59 Å². The van der Waals surface area contributed by atoms with E-state index >= 15 is 0 Å². The minimum Gasteiger partial charge on any atom is -0.368 e. The highest BCUT2D eigenvalue weighted by Crippen LogP contribution is 2.28. The molecule has 0 spiro atoms. The van der Waals surface area contributed by atoms with Crippen LogP contribution in [0.2, 0.25) is 0 Å². The van der Waals surface area contributed by atoms with E-state index in [1.807, 2.05) is 40.6 Å². The van der Waals surface area contributed by atoms with Gasteiger partial charge in [0.25, 0.3) is 5.84 Å². The van der Waals surface area contributed by atoms with E-state index in [2.05, 4.69) is 27.0 Å². The number of rotatable bonds is 4. The number of amides is 4. The predicted octanol–water partition coefficient (Wildman–Crippen LogP) is 2.24. The molecule has 2 aromatic rings. The summed E-state index contributed by atoms with van der Waals surface area (Å²) >= 11 is 2.74. The molecule has 4 heterocycles. The Hall–Kier alpha value is -3.31. The molecule has 35 heavy (non-hydrogen) atoms. The molecule has 1 saturated heterocycles. The van der Waals surface area contributed by atoms with Crippen LogP contribution in [-0.4, -0.2) is 95.0 Å². The van der Waals surface area contributed by atoms with Crippen molar-refractivity contribution in [2.45, 2.75) is 0 Å². The number of thioether (sulfide) groups is 1. The fraction of sp³-hybridized carbons (Fsp3) is 0.333. The van der Waals surface area contributed by atoms with Crippen LogP contribution < -0.4 is 4.90 Å². The molecule has 0 bridgehead atoms. The van der Waals surface area contributed by atoms with Gasteiger partial charge in [-0.15, -0.1) is 11.3 Å².